The first-order valence-electron chi connectivity index (χ1n) is 6.97. The average molecular weight is 312 g/mol. The average Bonchev–Trinajstić information content (AvgIpc) is 2.94. The fourth-order valence-electron chi connectivity index (χ4n) is 2.29. The van der Waals surface area contributed by atoms with Crippen LogP contribution in [0.1, 0.15) is 6.92 Å². The molecule has 0 aliphatic rings. The van der Waals surface area contributed by atoms with E-state index in [0.29, 0.717) is 5.65 Å². The predicted octanol–water partition coefficient (Wildman–Crippen LogP) is 2.37. The van der Waals surface area contributed by atoms with E-state index in [2.05, 4.69) is 15.4 Å². The van der Waals surface area contributed by atoms with Crippen LogP contribution in [0.4, 0.5) is 5.95 Å². The maximum absolute atomic E-state index is 11.1. The van der Waals surface area contributed by atoms with Crippen LogP contribution in [0.5, 0.6) is 11.5 Å². The predicted molar refractivity (Wildman–Crippen MR) is 85.8 cm³/mol. The molecule has 1 aromatic carbocycles. The Morgan fingerprint density at radius 2 is 2.00 bits per heavy atom. The highest BCUT2D eigenvalue weighted by Gasteiger charge is 2.11. The Bertz CT molecular complexity index is 873. The fourth-order valence-corrected chi connectivity index (χ4v) is 2.29. The van der Waals surface area contributed by atoms with Crippen molar-refractivity contribution in [3.8, 4) is 22.6 Å². The van der Waals surface area contributed by atoms with E-state index in [-0.39, 0.29) is 11.9 Å². The van der Waals surface area contributed by atoms with Gasteiger partial charge in [-0.3, -0.25) is 10.1 Å². The molecule has 3 aromatic rings. The summed E-state index contributed by atoms with van der Waals surface area (Å²) in [6.07, 6.45) is 1.82. The Kier molecular flexibility index (Phi) is 3.84. The van der Waals surface area contributed by atoms with Crippen molar-refractivity contribution in [1.82, 2.24) is 14.6 Å². The molecule has 23 heavy (non-hydrogen) atoms. The van der Waals surface area contributed by atoms with Gasteiger partial charge in [0.15, 0.2) is 5.65 Å². The molecule has 0 saturated carbocycles. The Morgan fingerprint density at radius 3 is 2.70 bits per heavy atom. The van der Waals surface area contributed by atoms with Crippen LogP contribution in [-0.4, -0.2) is 34.7 Å². The van der Waals surface area contributed by atoms with Crippen LogP contribution in [0.3, 0.4) is 0 Å². The Labute approximate surface area is 132 Å². The summed E-state index contributed by atoms with van der Waals surface area (Å²) >= 11 is 0. The first kappa shape index (κ1) is 14.8. The number of hydrogen-bond donors (Lipinski definition) is 1. The monoisotopic (exact) mass is 312 g/mol. The number of rotatable bonds is 4. The summed E-state index contributed by atoms with van der Waals surface area (Å²) in [6, 6.07) is 9.32. The molecule has 0 bridgehead atoms. The summed E-state index contributed by atoms with van der Waals surface area (Å²) in [5, 5.41) is 6.81. The molecule has 1 N–H and O–H groups in total. The molecule has 3 rings (SSSR count). The van der Waals surface area contributed by atoms with Gasteiger partial charge in [-0.2, -0.15) is 4.98 Å². The molecule has 2 heterocycles. The van der Waals surface area contributed by atoms with E-state index < -0.39 is 0 Å². The van der Waals surface area contributed by atoms with Crippen molar-refractivity contribution in [3.05, 3.63) is 36.5 Å². The molecule has 7 nitrogen and oxygen atoms in total. The van der Waals surface area contributed by atoms with E-state index >= 15 is 0 Å². The number of aromatic nitrogens is 3. The largest absolute Gasteiger partial charge is 0.497 e. The smallest absolute Gasteiger partial charge is 0.249 e. The third kappa shape index (κ3) is 2.94. The number of benzene rings is 1. The van der Waals surface area contributed by atoms with Gasteiger partial charge in [-0.25, -0.2) is 4.52 Å². The van der Waals surface area contributed by atoms with Crippen LogP contribution in [0.15, 0.2) is 36.5 Å². The highest BCUT2D eigenvalue weighted by Crippen LogP contribution is 2.33. The number of hydrogen-bond acceptors (Lipinski definition) is 5. The summed E-state index contributed by atoms with van der Waals surface area (Å²) in [7, 11) is 3.24. The second-order valence-corrected chi connectivity index (χ2v) is 4.90. The summed E-state index contributed by atoms with van der Waals surface area (Å²) in [6.45, 7) is 1.41. The molecule has 0 atom stereocenters. The van der Waals surface area contributed by atoms with Crippen molar-refractivity contribution >= 4 is 17.5 Å². The van der Waals surface area contributed by atoms with E-state index in [0.717, 1.165) is 22.6 Å². The summed E-state index contributed by atoms with van der Waals surface area (Å²) < 4.78 is 12.3. The number of nitrogens with zero attached hydrogens (tertiary/aromatic N) is 3. The number of carbonyl (C=O) groups is 1. The van der Waals surface area contributed by atoms with Crippen molar-refractivity contribution in [2.45, 2.75) is 6.92 Å². The molecule has 0 aliphatic carbocycles. The Hall–Kier alpha value is -3.09. The molecule has 7 heteroatoms. The van der Waals surface area contributed by atoms with Gasteiger partial charge >= 0.3 is 0 Å². The summed E-state index contributed by atoms with van der Waals surface area (Å²) in [4.78, 5) is 15.3. The van der Waals surface area contributed by atoms with Gasteiger partial charge < -0.3 is 9.47 Å². The number of anilines is 1. The van der Waals surface area contributed by atoms with E-state index in [4.69, 9.17) is 9.47 Å². The van der Waals surface area contributed by atoms with Crippen molar-refractivity contribution < 1.29 is 14.3 Å². The first-order valence-corrected chi connectivity index (χ1v) is 6.97. The number of nitrogens with one attached hydrogen (secondary N) is 1. The fraction of sp³-hybridized carbons (Fsp3) is 0.188. The van der Waals surface area contributed by atoms with Gasteiger partial charge in [0.1, 0.15) is 11.5 Å². The number of fused-ring (bicyclic) bond motifs is 1. The number of ether oxygens (including phenoxy) is 2. The van der Waals surface area contributed by atoms with Crippen LogP contribution in [0.25, 0.3) is 16.8 Å². The highest BCUT2D eigenvalue weighted by molar-refractivity contribution is 5.86. The van der Waals surface area contributed by atoms with E-state index in [9.17, 15) is 4.79 Å². The van der Waals surface area contributed by atoms with Gasteiger partial charge in [0.05, 0.1) is 14.2 Å². The minimum atomic E-state index is -0.212. The zero-order valence-electron chi connectivity index (χ0n) is 13.0. The third-order valence-corrected chi connectivity index (χ3v) is 3.34. The van der Waals surface area contributed by atoms with Crippen LogP contribution in [0.2, 0.25) is 0 Å². The molecule has 0 radical (unpaired) electrons. The molecular weight excluding hydrogens is 296 g/mol. The normalized spacial score (nSPS) is 10.6. The lowest BCUT2D eigenvalue weighted by Crippen LogP contribution is -2.07. The van der Waals surface area contributed by atoms with Crippen molar-refractivity contribution in [2.75, 3.05) is 19.5 Å². The van der Waals surface area contributed by atoms with Gasteiger partial charge in [-0.15, -0.1) is 5.10 Å². The van der Waals surface area contributed by atoms with Crippen molar-refractivity contribution in [1.29, 1.82) is 0 Å². The van der Waals surface area contributed by atoms with Gasteiger partial charge in [0.2, 0.25) is 11.9 Å². The third-order valence-electron chi connectivity index (χ3n) is 3.34. The second kappa shape index (κ2) is 5.96. The van der Waals surface area contributed by atoms with Gasteiger partial charge in [0, 0.05) is 24.2 Å². The Balaban J connectivity index is 2.08. The van der Waals surface area contributed by atoms with Crippen molar-refractivity contribution in [2.24, 2.45) is 0 Å². The molecule has 0 unspecified atom stereocenters. The number of carbonyl (C=O) groups excluding carboxylic acids is 1. The van der Waals surface area contributed by atoms with Crippen LogP contribution in [-0.2, 0) is 4.79 Å². The summed E-state index contributed by atoms with van der Waals surface area (Å²) in [5.74, 6) is 1.52. The molecule has 0 aliphatic heterocycles. The maximum atomic E-state index is 11.1. The first-order chi connectivity index (χ1) is 11.1. The highest BCUT2D eigenvalue weighted by atomic mass is 16.5. The maximum Gasteiger partial charge on any atom is 0.249 e. The Morgan fingerprint density at radius 1 is 1.17 bits per heavy atom. The molecular formula is C16H16N4O3. The molecule has 0 saturated heterocycles. The van der Waals surface area contributed by atoms with Crippen LogP contribution < -0.4 is 14.8 Å². The van der Waals surface area contributed by atoms with Crippen LogP contribution in [0, 0.1) is 0 Å². The minimum absolute atomic E-state index is 0.212. The quantitative estimate of drug-likeness (QED) is 0.800. The second-order valence-electron chi connectivity index (χ2n) is 4.90. The summed E-state index contributed by atoms with van der Waals surface area (Å²) in [5.41, 5.74) is 2.41. The van der Waals surface area contributed by atoms with Gasteiger partial charge in [-0.1, -0.05) is 0 Å². The lowest BCUT2D eigenvalue weighted by atomic mass is 10.1. The molecule has 1 amide bonds. The topological polar surface area (TPSA) is 77.8 Å². The van der Waals surface area contributed by atoms with Gasteiger partial charge in [0.25, 0.3) is 0 Å². The number of amides is 1. The van der Waals surface area contributed by atoms with Crippen LogP contribution >= 0.6 is 0 Å². The SMILES string of the molecule is COc1ccc(OC)c(-c2ccc3nc(NC(C)=O)nn3c2)c1. The number of methoxy groups -OCH3 is 2. The number of pyridine rings is 1. The molecule has 0 fully saturated rings. The molecule has 0 spiro atoms. The standard InChI is InChI=1S/C16H16N4O3/c1-10(21)17-16-18-15-7-4-11(9-20(15)19-16)13-8-12(22-2)5-6-14(13)23-3/h4-9H,1-3H3,(H,17,19,21). The molecule has 2 aromatic heterocycles. The zero-order valence-corrected chi connectivity index (χ0v) is 13.0. The molecule has 118 valence electrons. The lowest BCUT2D eigenvalue weighted by molar-refractivity contribution is -0.114. The zero-order chi connectivity index (χ0) is 16.4. The minimum Gasteiger partial charge on any atom is -0.497 e. The van der Waals surface area contributed by atoms with Gasteiger partial charge in [-0.05, 0) is 30.3 Å². The van der Waals surface area contributed by atoms with E-state index in [1.54, 1.807) is 18.7 Å². The van der Waals surface area contributed by atoms with E-state index in [1.165, 1.54) is 6.92 Å². The lowest BCUT2D eigenvalue weighted by Gasteiger charge is -2.10. The van der Waals surface area contributed by atoms with Crippen molar-refractivity contribution in [3.63, 3.8) is 0 Å². The van der Waals surface area contributed by atoms with E-state index in [1.807, 2.05) is 36.5 Å².